The smallest absolute Gasteiger partial charge is 0.252 e. The van der Waals surface area contributed by atoms with Crippen molar-refractivity contribution in [2.24, 2.45) is 0 Å². The Balaban J connectivity index is 1.41. The molecule has 5 rings (SSSR count). The lowest BCUT2D eigenvalue weighted by atomic mass is 9.88. The molecule has 33 heavy (non-hydrogen) atoms. The summed E-state index contributed by atoms with van der Waals surface area (Å²) in [7, 11) is 0. The lowest BCUT2D eigenvalue weighted by Gasteiger charge is -2.25. The van der Waals surface area contributed by atoms with Crippen LogP contribution in [0.3, 0.4) is 0 Å². The van der Waals surface area contributed by atoms with E-state index in [1.54, 1.807) is 22.7 Å². The standard InChI is InChI=1S/C25H26N4OS3/c1-15-16(2)26-25(27-17(15)3)33-14-22(30)29-24(21-10-6-12-32-21)20-9-4-7-18(23(20)28-29)13-19-8-5-11-31-19/h5-6,8,10-13,24,28H,4,7,9,14H2,1-3H3/b18-13+/t24-/m0/s1. The fraction of sp³-hybridized carbons (Fsp3) is 0.320. The zero-order valence-electron chi connectivity index (χ0n) is 18.9. The van der Waals surface area contributed by atoms with Gasteiger partial charge < -0.3 is 0 Å². The number of rotatable bonds is 5. The van der Waals surface area contributed by atoms with Crippen molar-refractivity contribution < 1.29 is 4.79 Å². The monoisotopic (exact) mass is 494 g/mol. The summed E-state index contributed by atoms with van der Waals surface area (Å²) in [6, 6.07) is 8.36. The molecular weight excluding hydrogens is 469 g/mol. The summed E-state index contributed by atoms with van der Waals surface area (Å²) in [6.07, 6.45) is 5.40. The van der Waals surface area contributed by atoms with Gasteiger partial charge in [0.25, 0.3) is 5.91 Å². The average molecular weight is 495 g/mol. The van der Waals surface area contributed by atoms with Gasteiger partial charge >= 0.3 is 0 Å². The van der Waals surface area contributed by atoms with Gasteiger partial charge in [-0.15, -0.1) is 22.7 Å². The molecule has 8 heteroatoms. The Hall–Kier alpha value is -2.42. The van der Waals surface area contributed by atoms with Crippen LogP contribution >= 0.6 is 34.4 Å². The van der Waals surface area contributed by atoms with Gasteiger partial charge in [0.05, 0.1) is 11.4 Å². The Labute approximate surface area is 206 Å². The van der Waals surface area contributed by atoms with Crippen LogP contribution in [-0.2, 0) is 4.79 Å². The lowest BCUT2D eigenvalue weighted by molar-refractivity contribution is -0.131. The SMILES string of the molecule is Cc1nc(SCC(=O)N2NC3=C(CCC/C3=C\c3cccs3)[C@H]2c2cccs2)nc(C)c1C. The zero-order chi connectivity index (χ0) is 22.9. The number of nitrogens with zero attached hydrogens (tertiary/aromatic N) is 3. The van der Waals surface area contributed by atoms with Crippen molar-refractivity contribution in [3.63, 3.8) is 0 Å². The molecule has 5 nitrogen and oxygen atoms in total. The van der Waals surface area contributed by atoms with Crippen LogP contribution in [0.1, 0.15) is 52.0 Å². The predicted octanol–water partition coefficient (Wildman–Crippen LogP) is 6.23. The van der Waals surface area contributed by atoms with Crippen molar-refractivity contribution in [3.8, 4) is 0 Å². The molecule has 1 aliphatic heterocycles. The van der Waals surface area contributed by atoms with Crippen molar-refractivity contribution >= 4 is 46.4 Å². The highest BCUT2D eigenvalue weighted by atomic mass is 32.2. The van der Waals surface area contributed by atoms with Gasteiger partial charge in [-0.25, -0.2) is 15.0 Å². The molecule has 0 unspecified atom stereocenters. The van der Waals surface area contributed by atoms with E-state index in [0.29, 0.717) is 10.9 Å². The molecule has 3 aromatic heterocycles. The highest BCUT2D eigenvalue weighted by Crippen LogP contribution is 2.45. The first-order chi connectivity index (χ1) is 16.0. The van der Waals surface area contributed by atoms with Crippen molar-refractivity contribution in [2.45, 2.75) is 51.2 Å². The number of carbonyl (C=O) groups is 1. The van der Waals surface area contributed by atoms with Crippen LogP contribution in [0, 0.1) is 20.8 Å². The molecule has 0 saturated heterocycles. The van der Waals surface area contributed by atoms with Crippen LogP contribution in [-0.4, -0.2) is 26.6 Å². The summed E-state index contributed by atoms with van der Waals surface area (Å²) in [5.41, 5.74) is 10.3. The van der Waals surface area contributed by atoms with Gasteiger partial charge in [-0.1, -0.05) is 23.9 Å². The number of carbonyl (C=O) groups excluding carboxylic acids is 1. The van der Waals surface area contributed by atoms with Gasteiger partial charge in [0.2, 0.25) is 0 Å². The van der Waals surface area contributed by atoms with Gasteiger partial charge in [-0.3, -0.25) is 10.2 Å². The lowest BCUT2D eigenvalue weighted by Crippen LogP contribution is -2.41. The molecule has 0 spiro atoms. The molecule has 0 fully saturated rings. The number of hydrogen-bond donors (Lipinski definition) is 1. The van der Waals surface area contributed by atoms with Crippen molar-refractivity contribution in [1.29, 1.82) is 0 Å². The van der Waals surface area contributed by atoms with Crippen molar-refractivity contribution in [1.82, 2.24) is 20.4 Å². The molecule has 0 radical (unpaired) electrons. The summed E-state index contributed by atoms with van der Waals surface area (Å²) >= 11 is 4.86. The second-order valence-electron chi connectivity index (χ2n) is 8.32. The largest absolute Gasteiger partial charge is 0.295 e. The Bertz CT molecular complexity index is 1210. The second-order valence-corrected chi connectivity index (χ2v) is 11.2. The second kappa shape index (κ2) is 9.44. The Kier molecular flexibility index (Phi) is 6.40. The first-order valence-electron chi connectivity index (χ1n) is 11.1. The van der Waals surface area contributed by atoms with Crippen molar-refractivity contribution in [3.05, 3.63) is 78.6 Å². The number of thiophene rings is 2. The van der Waals surface area contributed by atoms with E-state index in [0.717, 1.165) is 41.9 Å². The number of aromatic nitrogens is 2. The first-order valence-corrected chi connectivity index (χ1v) is 13.8. The molecule has 0 saturated carbocycles. The number of thioether (sulfide) groups is 1. The maximum Gasteiger partial charge on any atom is 0.252 e. The van der Waals surface area contributed by atoms with E-state index >= 15 is 0 Å². The Morgan fingerprint density at radius 1 is 1.15 bits per heavy atom. The van der Waals surface area contributed by atoms with Gasteiger partial charge in [0.15, 0.2) is 5.16 Å². The van der Waals surface area contributed by atoms with E-state index in [2.05, 4.69) is 56.5 Å². The number of hydrazine groups is 1. The molecular formula is C25H26N4OS3. The minimum absolute atomic E-state index is 0.0442. The van der Waals surface area contributed by atoms with Crippen LogP contribution in [0.4, 0.5) is 0 Å². The molecule has 1 aliphatic carbocycles. The third-order valence-corrected chi connectivity index (χ3v) is 8.81. The van der Waals surface area contributed by atoms with Crippen LogP contribution in [0.15, 0.2) is 57.0 Å². The topological polar surface area (TPSA) is 58.1 Å². The summed E-state index contributed by atoms with van der Waals surface area (Å²) in [6.45, 7) is 6.01. The number of amides is 1. The average Bonchev–Trinajstić information content (AvgIpc) is 3.56. The van der Waals surface area contributed by atoms with Gasteiger partial charge in [-0.05, 0) is 85.7 Å². The Morgan fingerprint density at radius 3 is 2.61 bits per heavy atom. The molecule has 170 valence electrons. The molecule has 4 heterocycles. The first kappa shape index (κ1) is 22.4. The number of hydrogen-bond acceptors (Lipinski definition) is 7. The number of allylic oxidation sites excluding steroid dienone is 1. The van der Waals surface area contributed by atoms with Gasteiger partial charge in [0, 0.05) is 21.1 Å². The fourth-order valence-corrected chi connectivity index (χ4v) is 6.65. The van der Waals surface area contributed by atoms with E-state index in [4.69, 9.17) is 0 Å². The predicted molar refractivity (Wildman–Crippen MR) is 137 cm³/mol. The fourth-order valence-electron chi connectivity index (χ4n) is 4.33. The molecule has 1 atom stereocenters. The maximum absolute atomic E-state index is 13.5. The normalized spacial score (nSPS) is 19.2. The van der Waals surface area contributed by atoms with Crippen LogP contribution < -0.4 is 5.43 Å². The van der Waals surface area contributed by atoms with E-state index in [9.17, 15) is 4.79 Å². The molecule has 0 aromatic carbocycles. The molecule has 1 amide bonds. The highest BCUT2D eigenvalue weighted by molar-refractivity contribution is 7.99. The number of aryl methyl sites for hydroxylation is 2. The van der Waals surface area contributed by atoms with Crippen LogP contribution in [0.5, 0.6) is 0 Å². The number of nitrogens with one attached hydrogen (secondary N) is 1. The molecule has 1 N–H and O–H groups in total. The van der Waals surface area contributed by atoms with Crippen LogP contribution in [0.25, 0.3) is 6.08 Å². The maximum atomic E-state index is 13.5. The van der Waals surface area contributed by atoms with E-state index in [1.165, 1.54) is 32.7 Å². The van der Waals surface area contributed by atoms with Crippen LogP contribution in [0.2, 0.25) is 0 Å². The molecule has 2 aliphatic rings. The molecule has 3 aromatic rings. The quantitative estimate of drug-likeness (QED) is 0.337. The Morgan fingerprint density at radius 2 is 1.91 bits per heavy atom. The van der Waals surface area contributed by atoms with E-state index in [-0.39, 0.29) is 11.9 Å². The van der Waals surface area contributed by atoms with Gasteiger partial charge in [-0.2, -0.15) is 0 Å². The van der Waals surface area contributed by atoms with Crippen molar-refractivity contribution in [2.75, 3.05) is 5.75 Å². The summed E-state index contributed by atoms with van der Waals surface area (Å²) in [4.78, 5) is 25.1. The zero-order valence-corrected chi connectivity index (χ0v) is 21.4. The highest BCUT2D eigenvalue weighted by Gasteiger charge is 2.39. The third-order valence-electron chi connectivity index (χ3n) is 6.23. The summed E-state index contributed by atoms with van der Waals surface area (Å²) in [5.74, 6) is 0.337. The summed E-state index contributed by atoms with van der Waals surface area (Å²) < 4.78 is 0. The van der Waals surface area contributed by atoms with E-state index < -0.39 is 0 Å². The van der Waals surface area contributed by atoms with Gasteiger partial charge in [0.1, 0.15) is 6.04 Å². The summed E-state index contributed by atoms with van der Waals surface area (Å²) in [5, 5.41) is 6.68. The molecule has 0 bridgehead atoms. The van der Waals surface area contributed by atoms with E-state index in [1.807, 2.05) is 25.8 Å². The third kappa shape index (κ3) is 4.52. The minimum Gasteiger partial charge on any atom is -0.295 e. The minimum atomic E-state index is -0.0532.